The minimum atomic E-state index is 0. The predicted molar refractivity (Wildman–Crippen MR) is 91.5 cm³/mol. The number of nitrogens with one attached hydrogen (secondary N) is 1. The van der Waals surface area contributed by atoms with Gasteiger partial charge in [-0.15, -0.1) is 12.4 Å². The van der Waals surface area contributed by atoms with Crippen LogP contribution in [0.5, 0.6) is 5.75 Å². The van der Waals surface area contributed by atoms with Gasteiger partial charge in [-0.1, -0.05) is 6.07 Å². The molecule has 2 saturated heterocycles. The van der Waals surface area contributed by atoms with Crippen molar-refractivity contribution in [3.63, 3.8) is 0 Å². The summed E-state index contributed by atoms with van der Waals surface area (Å²) in [4.78, 5) is 14.5. The molecule has 1 amide bonds. The van der Waals surface area contributed by atoms with Crippen LogP contribution in [0.4, 0.5) is 0 Å². The lowest BCUT2D eigenvalue weighted by Crippen LogP contribution is -2.34. The summed E-state index contributed by atoms with van der Waals surface area (Å²) in [6, 6.07) is 7.49. The molecule has 2 aliphatic rings. The summed E-state index contributed by atoms with van der Waals surface area (Å²) < 4.78 is 11.3. The first kappa shape index (κ1) is 18.0. The van der Waals surface area contributed by atoms with Crippen molar-refractivity contribution < 1.29 is 14.3 Å². The summed E-state index contributed by atoms with van der Waals surface area (Å²) in [7, 11) is 0. The van der Waals surface area contributed by atoms with E-state index in [-0.39, 0.29) is 24.4 Å². The molecule has 3 rings (SSSR count). The zero-order valence-electron chi connectivity index (χ0n) is 13.3. The third-order valence-electron chi connectivity index (χ3n) is 4.17. The Morgan fingerprint density at radius 1 is 1.30 bits per heavy atom. The number of rotatable bonds is 4. The minimum Gasteiger partial charge on any atom is -0.491 e. The highest BCUT2D eigenvalue weighted by atomic mass is 35.5. The molecule has 5 nitrogen and oxygen atoms in total. The Hall–Kier alpha value is -1.30. The Bertz CT molecular complexity index is 498. The molecule has 1 N–H and O–H groups in total. The van der Waals surface area contributed by atoms with Gasteiger partial charge < -0.3 is 19.7 Å². The van der Waals surface area contributed by atoms with Gasteiger partial charge in [0.15, 0.2) is 0 Å². The number of amides is 1. The third-order valence-corrected chi connectivity index (χ3v) is 4.17. The van der Waals surface area contributed by atoms with Crippen molar-refractivity contribution in [2.75, 3.05) is 39.4 Å². The van der Waals surface area contributed by atoms with E-state index in [9.17, 15) is 4.79 Å². The normalized spacial score (nSPS) is 21.4. The Morgan fingerprint density at radius 3 is 3.04 bits per heavy atom. The fourth-order valence-electron chi connectivity index (χ4n) is 2.92. The molecule has 23 heavy (non-hydrogen) atoms. The molecule has 0 aromatic heterocycles. The number of hydrogen-bond acceptors (Lipinski definition) is 4. The highest BCUT2D eigenvalue weighted by Gasteiger charge is 2.19. The molecule has 0 aliphatic carbocycles. The van der Waals surface area contributed by atoms with E-state index in [1.807, 2.05) is 29.2 Å². The third kappa shape index (κ3) is 5.09. The van der Waals surface area contributed by atoms with Crippen LogP contribution in [0.3, 0.4) is 0 Å². The van der Waals surface area contributed by atoms with Crippen LogP contribution in [0, 0.1) is 0 Å². The SMILES string of the molecule is Cl.O=C(c1cccc(OCC2CCCO2)c1)N1CCCNCC1. The topological polar surface area (TPSA) is 50.8 Å². The fourth-order valence-corrected chi connectivity index (χ4v) is 2.92. The van der Waals surface area contributed by atoms with Gasteiger partial charge in [0.05, 0.1) is 6.10 Å². The van der Waals surface area contributed by atoms with Crippen LogP contribution in [0.15, 0.2) is 24.3 Å². The lowest BCUT2D eigenvalue weighted by molar-refractivity contribution is 0.0677. The molecule has 128 valence electrons. The predicted octanol–water partition coefficient (Wildman–Crippen LogP) is 2.10. The van der Waals surface area contributed by atoms with Crippen LogP contribution in [-0.4, -0.2) is 56.3 Å². The first-order valence-electron chi connectivity index (χ1n) is 8.17. The molecule has 0 bridgehead atoms. The number of benzene rings is 1. The van der Waals surface area contributed by atoms with E-state index >= 15 is 0 Å². The zero-order valence-corrected chi connectivity index (χ0v) is 14.1. The quantitative estimate of drug-likeness (QED) is 0.912. The van der Waals surface area contributed by atoms with Crippen LogP contribution < -0.4 is 10.1 Å². The van der Waals surface area contributed by atoms with Gasteiger partial charge in [0.1, 0.15) is 12.4 Å². The fraction of sp³-hybridized carbons (Fsp3) is 0.588. The Kier molecular flexibility index (Phi) is 7.15. The van der Waals surface area contributed by atoms with Crippen LogP contribution >= 0.6 is 12.4 Å². The molecule has 2 fully saturated rings. The number of ether oxygens (including phenoxy) is 2. The second-order valence-electron chi connectivity index (χ2n) is 5.87. The molecule has 6 heteroatoms. The number of carbonyl (C=O) groups is 1. The number of nitrogens with zero attached hydrogens (tertiary/aromatic N) is 1. The van der Waals surface area contributed by atoms with Gasteiger partial charge >= 0.3 is 0 Å². The first-order valence-corrected chi connectivity index (χ1v) is 8.17. The van der Waals surface area contributed by atoms with E-state index in [2.05, 4.69) is 5.32 Å². The second-order valence-corrected chi connectivity index (χ2v) is 5.87. The molecule has 1 aromatic rings. The van der Waals surface area contributed by atoms with Crippen molar-refractivity contribution in [2.24, 2.45) is 0 Å². The summed E-state index contributed by atoms with van der Waals surface area (Å²) in [5.41, 5.74) is 0.701. The maximum Gasteiger partial charge on any atom is 0.254 e. The van der Waals surface area contributed by atoms with Crippen LogP contribution in [0.1, 0.15) is 29.6 Å². The Balaban J connectivity index is 0.00000192. The molecule has 2 aliphatic heterocycles. The Morgan fingerprint density at radius 2 is 2.22 bits per heavy atom. The number of halogens is 1. The standard InChI is InChI=1S/C17H24N2O3.ClH/c20-17(19-9-3-7-18-8-10-19)14-4-1-5-15(12-14)22-13-16-6-2-11-21-16;/h1,4-5,12,16,18H,2-3,6-11,13H2;1H. The van der Waals surface area contributed by atoms with Crippen molar-refractivity contribution in [3.8, 4) is 5.75 Å². The van der Waals surface area contributed by atoms with Crippen LogP contribution in [0.2, 0.25) is 0 Å². The lowest BCUT2D eigenvalue weighted by Gasteiger charge is -2.20. The summed E-state index contributed by atoms with van der Waals surface area (Å²) in [5.74, 6) is 0.834. The summed E-state index contributed by atoms with van der Waals surface area (Å²) in [6.45, 7) is 4.81. The van der Waals surface area contributed by atoms with Crippen molar-refractivity contribution in [3.05, 3.63) is 29.8 Å². The van der Waals surface area contributed by atoms with Crippen molar-refractivity contribution in [1.29, 1.82) is 0 Å². The first-order chi connectivity index (χ1) is 10.8. The zero-order chi connectivity index (χ0) is 15.2. The molecule has 1 unspecified atom stereocenters. The highest BCUT2D eigenvalue weighted by molar-refractivity contribution is 5.94. The van der Waals surface area contributed by atoms with E-state index < -0.39 is 0 Å². The molecule has 2 heterocycles. The smallest absolute Gasteiger partial charge is 0.254 e. The Labute approximate surface area is 143 Å². The minimum absolute atomic E-state index is 0. The maximum atomic E-state index is 12.6. The lowest BCUT2D eigenvalue weighted by atomic mass is 10.2. The highest BCUT2D eigenvalue weighted by Crippen LogP contribution is 2.18. The summed E-state index contributed by atoms with van der Waals surface area (Å²) in [5, 5.41) is 3.31. The van der Waals surface area contributed by atoms with Crippen molar-refractivity contribution >= 4 is 18.3 Å². The van der Waals surface area contributed by atoms with E-state index in [1.165, 1.54) is 0 Å². The van der Waals surface area contributed by atoms with E-state index in [4.69, 9.17) is 9.47 Å². The van der Waals surface area contributed by atoms with Gasteiger partial charge in [-0.3, -0.25) is 4.79 Å². The molecule has 0 spiro atoms. The van der Waals surface area contributed by atoms with Crippen molar-refractivity contribution in [1.82, 2.24) is 10.2 Å². The van der Waals surface area contributed by atoms with Crippen LogP contribution in [0.25, 0.3) is 0 Å². The van der Waals surface area contributed by atoms with Gasteiger partial charge in [0.2, 0.25) is 0 Å². The van der Waals surface area contributed by atoms with Gasteiger partial charge in [-0.25, -0.2) is 0 Å². The van der Waals surface area contributed by atoms with Crippen molar-refractivity contribution in [2.45, 2.75) is 25.4 Å². The molecule has 1 aromatic carbocycles. The van der Waals surface area contributed by atoms with E-state index in [1.54, 1.807) is 0 Å². The molecular weight excluding hydrogens is 316 g/mol. The monoisotopic (exact) mass is 340 g/mol. The number of hydrogen-bond donors (Lipinski definition) is 1. The molecule has 1 atom stereocenters. The molecular formula is C17H25ClN2O3. The van der Waals surface area contributed by atoms with E-state index in [0.717, 1.165) is 57.8 Å². The largest absolute Gasteiger partial charge is 0.491 e. The summed E-state index contributed by atoms with van der Waals surface area (Å²) >= 11 is 0. The van der Waals surface area contributed by atoms with Gasteiger partial charge in [-0.05, 0) is 44.0 Å². The molecule has 0 radical (unpaired) electrons. The van der Waals surface area contributed by atoms with Gasteiger partial charge in [0.25, 0.3) is 5.91 Å². The average Bonchev–Trinajstić information content (AvgIpc) is 2.93. The van der Waals surface area contributed by atoms with E-state index in [0.29, 0.717) is 12.2 Å². The van der Waals surface area contributed by atoms with Gasteiger partial charge in [-0.2, -0.15) is 0 Å². The second kappa shape index (κ2) is 9.11. The molecule has 0 saturated carbocycles. The van der Waals surface area contributed by atoms with Gasteiger partial charge in [0, 0.05) is 31.8 Å². The summed E-state index contributed by atoms with van der Waals surface area (Å²) in [6.07, 6.45) is 3.35. The average molecular weight is 341 g/mol. The number of carbonyl (C=O) groups excluding carboxylic acids is 1. The van der Waals surface area contributed by atoms with Crippen LogP contribution in [-0.2, 0) is 4.74 Å². The maximum absolute atomic E-state index is 12.6.